The molecule has 1 heterocycles. The number of likely N-dealkylation sites (N-methyl/N-ethyl adjacent to an activating group) is 1. The quantitative estimate of drug-likeness (QED) is 0.640. The molecule has 0 saturated carbocycles. The molecule has 0 unspecified atom stereocenters. The van der Waals surface area contributed by atoms with Gasteiger partial charge in [-0.2, -0.15) is 0 Å². The first-order chi connectivity index (χ1) is 5.25. The first-order valence-corrected chi connectivity index (χ1v) is 4.70. The molecule has 0 aromatic heterocycles. The standard InChI is InChI=1S/C9H20N2/c1-4-11-6-5-10-7-9(11)8(2)3/h8-10H,4-7H2,1-3H3/t9-/m1/s1. The zero-order valence-corrected chi connectivity index (χ0v) is 7.93. The second-order valence-electron chi connectivity index (χ2n) is 3.64. The molecule has 66 valence electrons. The van der Waals surface area contributed by atoms with E-state index in [1.807, 2.05) is 0 Å². The van der Waals surface area contributed by atoms with Gasteiger partial charge in [0.15, 0.2) is 0 Å². The summed E-state index contributed by atoms with van der Waals surface area (Å²) < 4.78 is 0. The van der Waals surface area contributed by atoms with Gasteiger partial charge in [-0.3, -0.25) is 4.90 Å². The summed E-state index contributed by atoms with van der Waals surface area (Å²) in [5, 5.41) is 3.44. The Labute approximate surface area is 70.0 Å². The van der Waals surface area contributed by atoms with Crippen molar-refractivity contribution in [1.82, 2.24) is 10.2 Å². The molecular formula is C9H20N2. The SMILES string of the molecule is CCN1CCNC[C@@H]1C(C)C. The Balaban J connectivity index is 2.44. The minimum Gasteiger partial charge on any atom is -0.314 e. The van der Waals surface area contributed by atoms with Gasteiger partial charge in [0.1, 0.15) is 0 Å². The average molecular weight is 156 g/mol. The number of hydrogen-bond acceptors (Lipinski definition) is 2. The highest BCUT2D eigenvalue weighted by atomic mass is 15.2. The molecule has 0 bridgehead atoms. The third-order valence-corrected chi connectivity index (χ3v) is 2.57. The van der Waals surface area contributed by atoms with Gasteiger partial charge in [-0.15, -0.1) is 0 Å². The van der Waals surface area contributed by atoms with E-state index in [-0.39, 0.29) is 0 Å². The van der Waals surface area contributed by atoms with Crippen LogP contribution in [0.3, 0.4) is 0 Å². The van der Waals surface area contributed by atoms with E-state index < -0.39 is 0 Å². The Bertz CT molecular complexity index is 112. The van der Waals surface area contributed by atoms with E-state index in [0.717, 1.165) is 18.5 Å². The van der Waals surface area contributed by atoms with Gasteiger partial charge < -0.3 is 5.32 Å². The molecule has 2 nitrogen and oxygen atoms in total. The summed E-state index contributed by atoms with van der Waals surface area (Å²) in [4.78, 5) is 2.57. The topological polar surface area (TPSA) is 15.3 Å². The summed E-state index contributed by atoms with van der Waals surface area (Å²) in [5.74, 6) is 0.780. The van der Waals surface area contributed by atoms with Crippen LogP contribution in [0.4, 0.5) is 0 Å². The van der Waals surface area contributed by atoms with E-state index in [1.54, 1.807) is 0 Å². The van der Waals surface area contributed by atoms with Crippen LogP contribution in [-0.4, -0.2) is 37.1 Å². The molecule has 0 aliphatic carbocycles. The van der Waals surface area contributed by atoms with Gasteiger partial charge in [0, 0.05) is 25.7 Å². The summed E-state index contributed by atoms with van der Waals surface area (Å²) >= 11 is 0. The molecule has 0 amide bonds. The number of nitrogens with one attached hydrogen (secondary N) is 1. The van der Waals surface area contributed by atoms with Gasteiger partial charge in [0.2, 0.25) is 0 Å². The highest BCUT2D eigenvalue weighted by Crippen LogP contribution is 2.11. The van der Waals surface area contributed by atoms with E-state index in [9.17, 15) is 0 Å². The van der Waals surface area contributed by atoms with E-state index in [1.165, 1.54) is 19.6 Å². The largest absolute Gasteiger partial charge is 0.314 e. The molecule has 0 radical (unpaired) electrons. The molecule has 1 atom stereocenters. The summed E-state index contributed by atoms with van der Waals surface area (Å²) in [6.07, 6.45) is 0. The lowest BCUT2D eigenvalue weighted by molar-refractivity contribution is 0.132. The van der Waals surface area contributed by atoms with Gasteiger partial charge in [0.25, 0.3) is 0 Å². The molecule has 2 heteroatoms. The average Bonchev–Trinajstić information content (AvgIpc) is 2.04. The van der Waals surface area contributed by atoms with Gasteiger partial charge in [-0.25, -0.2) is 0 Å². The summed E-state index contributed by atoms with van der Waals surface area (Å²) in [6.45, 7) is 11.6. The van der Waals surface area contributed by atoms with Crippen LogP contribution < -0.4 is 5.32 Å². The molecule has 1 aliphatic heterocycles. The van der Waals surface area contributed by atoms with Crippen molar-refractivity contribution in [2.24, 2.45) is 5.92 Å². The first-order valence-electron chi connectivity index (χ1n) is 4.70. The van der Waals surface area contributed by atoms with Crippen molar-refractivity contribution in [2.75, 3.05) is 26.2 Å². The van der Waals surface area contributed by atoms with Crippen LogP contribution in [0, 0.1) is 5.92 Å². The van der Waals surface area contributed by atoms with Gasteiger partial charge in [-0.05, 0) is 12.5 Å². The predicted octanol–water partition coefficient (Wildman–Crippen LogP) is 0.936. The van der Waals surface area contributed by atoms with E-state index in [2.05, 4.69) is 31.0 Å². The monoisotopic (exact) mass is 156 g/mol. The van der Waals surface area contributed by atoms with E-state index >= 15 is 0 Å². The van der Waals surface area contributed by atoms with Crippen LogP contribution in [0.25, 0.3) is 0 Å². The third-order valence-electron chi connectivity index (χ3n) is 2.57. The molecule has 1 N–H and O–H groups in total. The van der Waals surface area contributed by atoms with Crippen molar-refractivity contribution in [1.29, 1.82) is 0 Å². The van der Waals surface area contributed by atoms with Gasteiger partial charge in [-0.1, -0.05) is 20.8 Å². The maximum atomic E-state index is 3.44. The van der Waals surface area contributed by atoms with Crippen molar-refractivity contribution in [3.63, 3.8) is 0 Å². The lowest BCUT2D eigenvalue weighted by atomic mass is 10.0. The van der Waals surface area contributed by atoms with E-state index in [4.69, 9.17) is 0 Å². The Kier molecular flexibility index (Phi) is 3.34. The first kappa shape index (κ1) is 9.01. The highest BCUT2D eigenvalue weighted by Gasteiger charge is 2.22. The van der Waals surface area contributed by atoms with Crippen molar-refractivity contribution in [3.05, 3.63) is 0 Å². The van der Waals surface area contributed by atoms with Crippen LogP contribution in [0.1, 0.15) is 20.8 Å². The maximum absolute atomic E-state index is 3.44. The van der Waals surface area contributed by atoms with Gasteiger partial charge in [0.05, 0.1) is 0 Å². The molecule has 11 heavy (non-hydrogen) atoms. The van der Waals surface area contributed by atoms with Crippen molar-refractivity contribution < 1.29 is 0 Å². The number of hydrogen-bond donors (Lipinski definition) is 1. The zero-order chi connectivity index (χ0) is 8.27. The molecule has 1 aliphatic rings. The fourth-order valence-electron chi connectivity index (χ4n) is 1.82. The fraction of sp³-hybridized carbons (Fsp3) is 1.00. The van der Waals surface area contributed by atoms with Crippen molar-refractivity contribution in [3.8, 4) is 0 Å². The lowest BCUT2D eigenvalue weighted by Gasteiger charge is -2.37. The maximum Gasteiger partial charge on any atom is 0.0244 e. The Morgan fingerprint density at radius 3 is 2.73 bits per heavy atom. The number of nitrogens with zero attached hydrogens (tertiary/aromatic N) is 1. The molecule has 0 aromatic rings. The molecular weight excluding hydrogens is 136 g/mol. The second-order valence-corrected chi connectivity index (χ2v) is 3.64. The van der Waals surface area contributed by atoms with Crippen LogP contribution in [0.15, 0.2) is 0 Å². The van der Waals surface area contributed by atoms with Crippen LogP contribution >= 0.6 is 0 Å². The predicted molar refractivity (Wildman–Crippen MR) is 48.7 cm³/mol. The Morgan fingerprint density at radius 2 is 2.27 bits per heavy atom. The summed E-state index contributed by atoms with van der Waals surface area (Å²) in [5.41, 5.74) is 0. The van der Waals surface area contributed by atoms with Gasteiger partial charge >= 0.3 is 0 Å². The van der Waals surface area contributed by atoms with Crippen LogP contribution in [0.5, 0.6) is 0 Å². The molecule has 0 spiro atoms. The minimum atomic E-state index is 0.758. The molecule has 1 fully saturated rings. The highest BCUT2D eigenvalue weighted by molar-refractivity contribution is 4.80. The van der Waals surface area contributed by atoms with Crippen molar-refractivity contribution >= 4 is 0 Å². The number of piperazine rings is 1. The van der Waals surface area contributed by atoms with Crippen LogP contribution in [-0.2, 0) is 0 Å². The Morgan fingerprint density at radius 1 is 1.55 bits per heavy atom. The minimum absolute atomic E-state index is 0.758. The lowest BCUT2D eigenvalue weighted by Crippen LogP contribution is -2.53. The summed E-state index contributed by atoms with van der Waals surface area (Å²) in [7, 11) is 0. The van der Waals surface area contributed by atoms with Crippen molar-refractivity contribution in [2.45, 2.75) is 26.8 Å². The molecule has 1 rings (SSSR count). The molecule has 0 aromatic carbocycles. The fourth-order valence-corrected chi connectivity index (χ4v) is 1.82. The smallest absolute Gasteiger partial charge is 0.0244 e. The number of rotatable bonds is 2. The third kappa shape index (κ3) is 2.17. The zero-order valence-electron chi connectivity index (χ0n) is 7.93. The van der Waals surface area contributed by atoms with E-state index in [0.29, 0.717) is 0 Å². The normalized spacial score (nSPS) is 27.8. The summed E-state index contributed by atoms with van der Waals surface area (Å²) in [6, 6.07) is 0.758. The second kappa shape index (κ2) is 4.07. The Hall–Kier alpha value is -0.0800. The molecule has 1 saturated heterocycles. The van der Waals surface area contributed by atoms with Crippen LogP contribution in [0.2, 0.25) is 0 Å².